The van der Waals surface area contributed by atoms with E-state index in [0.29, 0.717) is 17.5 Å². The van der Waals surface area contributed by atoms with Crippen LogP contribution in [0, 0.1) is 0 Å². The standard InChI is InChI=1S/C53H32N4O/c1-3-15-33(16-4-1)51-54-52(34-17-5-2-6-18-34)56-53(55-51)38-27-28-46(57-45-25-13-11-23-40(45)42-29-35-19-7-8-20-36(35)32-47(42)57)43(31-38)44-30-37-21-9-10-22-39(37)50-49(44)41-24-12-14-26-48(41)58-50/h1-32H. The predicted molar refractivity (Wildman–Crippen MR) is 238 cm³/mol. The summed E-state index contributed by atoms with van der Waals surface area (Å²) < 4.78 is 9.18. The van der Waals surface area contributed by atoms with Crippen LogP contribution in [0.2, 0.25) is 0 Å². The molecular weight excluding hydrogens is 709 g/mol. The zero-order valence-electron chi connectivity index (χ0n) is 31.2. The summed E-state index contributed by atoms with van der Waals surface area (Å²) in [6, 6.07) is 68.1. The first kappa shape index (κ1) is 32.4. The summed E-state index contributed by atoms with van der Waals surface area (Å²) in [5, 5.41) is 9.14. The number of furan rings is 1. The van der Waals surface area contributed by atoms with E-state index in [0.717, 1.165) is 77.2 Å². The highest BCUT2D eigenvalue weighted by atomic mass is 16.3. The van der Waals surface area contributed by atoms with Crippen molar-refractivity contribution < 1.29 is 4.42 Å². The second kappa shape index (κ2) is 12.8. The minimum Gasteiger partial charge on any atom is -0.455 e. The van der Waals surface area contributed by atoms with Gasteiger partial charge in [-0.05, 0) is 70.3 Å². The van der Waals surface area contributed by atoms with Gasteiger partial charge in [-0.1, -0.05) is 146 Å². The quantitative estimate of drug-likeness (QED) is 0.176. The van der Waals surface area contributed by atoms with Gasteiger partial charge in [0.1, 0.15) is 11.2 Å². The van der Waals surface area contributed by atoms with Gasteiger partial charge in [-0.25, -0.2) is 15.0 Å². The van der Waals surface area contributed by atoms with Crippen LogP contribution in [0.3, 0.4) is 0 Å². The Hall–Kier alpha value is -7.89. The Balaban J connectivity index is 1.21. The van der Waals surface area contributed by atoms with E-state index in [9.17, 15) is 0 Å². The molecule has 12 aromatic rings. The topological polar surface area (TPSA) is 56.7 Å². The van der Waals surface area contributed by atoms with Gasteiger partial charge in [0.05, 0.1) is 16.7 Å². The van der Waals surface area contributed by atoms with E-state index in [2.05, 4.69) is 132 Å². The lowest BCUT2D eigenvalue weighted by molar-refractivity contribution is 0.673. The average Bonchev–Trinajstić information content (AvgIpc) is 3.84. The molecule has 0 fully saturated rings. The van der Waals surface area contributed by atoms with Crippen LogP contribution < -0.4 is 0 Å². The van der Waals surface area contributed by atoms with Crippen molar-refractivity contribution in [1.82, 2.24) is 19.5 Å². The van der Waals surface area contributed by atoms with Gasteiger partial charge in [-0.15, -0.1) is 0 Å². The first-order valence-corrected chi connectivity index (χ1v) is 19.5. The van der Waals surface area contributed by atoms with E-state index in [-0.39, 0.29) is 0 Å². The SMILES string of the molecule is c1ccc(-c2nc(-c3ccccc3)nc(-c3ccc(-n4c5ccccc5c5cc6ccccc6cc54)c(-c4cc5ccccc5c5oc6ccccc6c45)c3)n2)cc1. The Morgan fingerprint density at radius 3 is 1.66 bits per heavy atom. The largest absolute Gasteiger partial charge is 0.455 e. The fourth-order valence-electron chi connectivity index (χ4n) is 8.71. The fraction of sp³-hybridized carbons (Fsp3) is 0. The fourth-order valence-corrected chi connectivity index (χ4v) is 8.71. The van der Waals surface area contributed by atoms with E-state index in [1.807, 2.05) is 66.7 Å². The zero-order valence-corrected chi connectivity index (χ0v) is 31.2. The summed E-state index contributed by atoms with van der Waals surface area (Å²) in [6.45, 7) is 0. The van der Waals surface area contributed by atoms with Crippen molar-refractivity contribution in [3.63, 3.8) is 0 Å². The van der Waals surface area contributed by atoms with E-state index in [4.69, 9.17) is 19.4 Å². The molecule has 0 N–H and O–H groups in total. The second-order valence-corrected chi connectivity index (χ2v) is 14.8. The molecule has 0 aliphatic heterocycles. The van der Waals surface area contributed by atoms with E-state index in [1.54, 1.807) is 0 Å². The summed E-state index contributed by atoms with van der Waals surface area (Å²) in [6.07, 6.45) is 0. The van der Waals surface area contributed by atoms with Crippen molar-refractivity contribution in [3.05, 3.63) is 194 Å². The lowest BCUT2D eigenvalue weighted by Gasteiger charge is -2.18. The van der Waals surface area contributed by atoms with Crippen LogP contribution in [-0.4, -0.2) is 19.5 Å². The molecule has 0 saturated carbocycles. The Kier molecular flexibility index (Phi) is 7.16. The zero-order chi connectivity index (χ0) is 38.2. The van der Waals surface area contributed by atoms with Gasteiger partial charge >= 0.3 is 0 Å². The number of para-hydroxylation sites is 2. The molecule has 0 spiro atoms. The van der Waals surface area contributed by atoms with Crippen LogP contribution in [0.4, 0.5) is 0 Å². The molecule has 0 amide bonds. The average molecular weight is 741 g/mol. The molecule has 0 bridgehead atoms. The Morgan fingerprint density at radius 2 is 0.931 bits per heavy atom. The number of aromatic nitrogens is 4. The van der Waals surface area contributed by atoms with Crippen molar-refractivity contribution in [2.24, 2.45) is 0 Å². The van der Waals surface area contributed by atoms with Gasteiger partial charge in [0, 0.05) is 49.2 Å². The maximum atomic E-state index is 6.75. The Labute approximate surface area is 333 Å². The lowest BCUT2D eigenvalue weighted by Crippen LogP contribution is -2.02. The molecule has 0 atom stereocenters. The Morgan fingerprint density at radius 1 is 0.362 bits per heavy atom. The minimum absolute atomic E-state index is 0.600. The van der Waals surface area contributed by atoms with Crippen molar-refractivity contribution >= 4 is 65.3 Å². The van der Waals surface area contributed by atoms with Gasteiger partial charge < -0.3 is 8.98 Å². The molecule has 0 unspecified atom stereocenters. The summed E-state index contributed by atoms with van der Waals surface area (Å²) in [5.41, 5.74) is 9.91. The van der Waals surface area contributed by atoms with Crippen molar-refractivity contribution in [2.45, 2.75) is 0 Å². The number of fused-ring (bicyclic) bond motifs is 9. The summed E-state index contributed by atoms with van der Waals surface area (Å²) >= 11 is 0. The molecule has 5 nitrogen and oxygen atoms in total. The van der Waals surface area contributed by atoms with Gasteiger partial charge in [0.25, 0.3) is 0 Å². The molecule has 9 aromatic carbocycles. The van der Waals surface area contributed by atoms with Crippen LogP contribution >= 0.6 is 0 Å². The monoisotopic (exact) mass is 740 g/mol. The van der Waals surface area contributed by atoms with Gasteiger partial charge in [0.15, 0.2) is 17.5 Å². The third kappa shape index (κ3) is 5.07. The number of hydrogen-bond acceptors (Lipinski definition) is 4. The molecule has 270 valence electrons. The second-order valence-electron chi connectivity index (χ2n) is 14.8. The van der Waals surface area contributed by atoms with Crippen LogP contribution in [-0.2, 0) is 0 Å². The van der Waals surface area contributed by atoms with Crippen LogP contribution in [0.25, 0.3) is 116 Å². The third-order valence-electron chi connectivity index (χ3n) is 11.4. The van der Waals surface area contributed by atoms with Crippen molar-refractivity contribution in [2.75, 3.05) is 0 Å². The molecule has 0 aliphatic carbocycles. The maximum Gasteiger partial charge on any atom is 0.164 e. The molecule has 0 aliphatic rings. The van der Waals surface area contributed by atoms with E-state index in [1.165, 1.54) is 21.5 Å². The molecule has 5 heteroatoms. The number of nitrogens with zero attached hydrogens (tertiary/aromatic N) is 4. The highest BCUT2D eigenvalue weighted by Gasteiger charge is 2.23. The summed E-state index contributed by atoms with van der Waals surface area (Å²) in [5.74, 6) is 1.85. The smallest absolute Gasteiger partial charge is 0.164 e. The predicted octanol–water partition coefficient (Wildman–Crippen LogP) is 13.8. The number of rotatable bonds is 5. The molecule has 12 rings (SSSR count). The minimum atomic E-state index is 0.600. The van der Waals surface area contributed by atoms with Crippen LogP contribution in [0.15, 0.2) is 199 Å². The highest BCUT2D eigenvalue weighted by Crippen LogP contribution is 2.45. The molecule has 3 heterocycles. The molecule has 0 saturated heterocycles. The normalized spacial score (nSPS) is 11.8. The van der Waals surface area contributed by atoms with Gasteiger partial charge in [0.2, 0.25) is 0 Å². The maximum absolute atomic E-state index is 6.75. The molecule has 3 aromatic heterocycles. The van der Waals surface area contributed by atoms with Crippen molar-refractivity contribution in [3.8, 4) is 51.0 Å². The van der Waals surface area contributed by atoms with E-state index < -0.39 is 0 Å². The van der Waals surface area contributed by atoms with Crippen LogP contribution in [0.5, 0.6) is 0 Å². The summed E-state index contributed by atoms with van der Waals surface area (Å²) in [4.78, 5) is 15.3. The number of benzene rings is 9. The third-order valence-corrected chi connectivity index (χ3v) is 11.4. The molecule has 58 heavy (non-hydrogen) atoms. The highest BCUT2D eigenvalue weighted by molar-refractivity contribution is 6.22. The first-order valence-electron chi connectivity index (χ1n) is 19.5. The van der Waals surface area contributed by atoms with Gasteiger partial charge in [-0.2, -0.15) is 0 Å². The summed E-state index contributed by atoms with van der Waals surface area (Å²) in [7, 11) is 0. The molecular formula is C53H32N4O. The first-order chi connectivity index (χ1) is 28.7. The Bertz CT molecular complexity index is 3510. The van der Waals surface area contributed by atoms with E-state index >= 15 is 0 Å². The number of hydrogen-bond donors (Lipinski definition) is 0. The van der Waals surface area contributed by atoms with Crippen molar-refractivity contribution in [1.29, 1.82) is 0 Å². The van der Waals surface area contributed by atoms with Crippen LogP contribution in [0.1, 0.15) is 0 Å². The van der Waals surface area contributed by atoms with Gasteiger partial charge in [-0.3, -0.25) is 0 Å². The lowest BCUT2D eigenvalue weighted by atomic mass is 9.93. The molecule has 0 radical (unpaired) electrons.